The average molecular weight is 151 g/mol. The van der Waals surface area contributed by atoms with Gasteiger partial charge in [-0.05, 0) is 24.6 Å². The molecule has 0 spiro atoms. The van der Waals surface area contributed by atoms with Crippen LogP contribution < -0.4 is 0 Å². The Morgan fingerprint density at radius 3 is 2.27 bits per heavy atom. The van der Waals surface area contributed by atoms with Gasteiger partial charge in [-0.25, -0.2) is 0 Å². The van der Waals surface area contributed by atoms with Crippen LogP contribution in [0.2, 0.25) is 0 Å². The average Bonchev–Trinajstić information content (AvgIpc) is 2.05. The number of benzene rings is 1. The fourth-order valence-electron chi connectivity index (χ4n) is 0.852. The second kappa shape index (κ2) is 3.39. The van der Waals surface area contributed by atoms with E-state index in [9.17, 15) is 0 Å². The monoisotopic (exact) mass is 151 g/mol. The van der Waals surface area contributed by atoms with Gasteiger partial charge in [-0.1, -0.05) is 12.1 Å². The van der Waals surface area contributed by atoms with Gasteiger partial charge in [0.25, 0.3) is 0 Å². The molecule has 0 fully saturated rings. The number of hydrogen-bond acceptors (Lipinski definition) is 2. The first-order valence-corrected chi connectivity index (χ1v) is 3.47. The maximum Gasteiger partial charge on any atom is 0.115 e. The molecule has 1 unspecified atom stereocenters. The van der Waals surface area contributed by atoms with E-state index in [1.54, 1.807) is 24.3 Å². The first-order chi connectivity index (χ1) is 5.24. The predicted octanol–water partition coefficient (Wildman–Crippen LogP) is 1.30. The smallest absolute Gasteiger partial charge is 0.115 e. The molecule has 2 N–H and O–H groups in total. The number of phenols is 1. The van der Waals surface area contributed by atoms with Crippen LogP contribution in [0.15, 0.2) is 24.3 Å². The van der Waals surface area contributed by atoms with E-state index in [0.29, 0.717) is 0 Å². The van der Waals surface area contributed by atoms with Crippen LogP contribution in [0.5, 0.6) is 5.75 Å². The highest BCUT2D eigenvalue weighted by molar-refractivity contribution is 5.28. The van der Waals surface area contributed by atoms with Crippen molar-refractivity contribution >= 4 is 0 Å². The zero-order chi connectivity index (χ0) is 8.27. The quantitative estimate of drug-likeness (QED) is 0.668. The number of hydrogen-bond donors (Lipinski definition) is 2. The van der Waals surface area contributed by atoms with E-state index in [1.807, 2.05) is 0 Å². The first-order valence-electron chi connectivity index (χ1n) is 3.47. The number of aromatic hydroxyl groups is 1. The third kappa shape index (κ3) is 1.95. The zero-order valence-electron chi connectivity index (χ0n) is 6.20. The van der Waals surface area contributed by atoms with Crippen LogP contribution in [0.3, 0.4) is 0 Å². The van der Waals surface area contributed by atoms with Gasteiger partial charge < -0.3 is 10.2 Å². The van der Waals surface area contributed by atoms with Gasteiger partial charge >= 0.3 is 0 Å². The summed E-state index contributed by atoms with van der Waals surface area (Å²) in [5.41, 5.74) is 0.935. The van der Waals surface area contributed by atoms with Crippen LogP contribution in [0, 0.1) is 6.92 Å². The van der Waals surface area contributed by atoms with Crippen molar-refractivity contribution in [3.05, 3.63) is 36.8 Å². The third-order valence-electron chi connectivity index (χ3n) is 1.58. The van der Waals surface area contributed by atoms with Gasteiger partial charge in [0.2, 0.25) is 0 Å². The maximum atomic E-state index is 8.93. The van der Waals surface area contributed by atoms with Crippen molar-refractivity contribution in [1.82, 2.24) is 0 Å². The molecule has 0 amide bonds. The molecule has 0 aliphatic heterocycles. The molecular weight excluding hydrogens is 140 g/mol. The summed E-state index contributed by atoms with van der Waals surface area (Å²) >= 11 is 0. The molecule has 1 atom stereocenters. The second-order valence-corrected chi connectivity index (χ2v) is 2.47. The van der Waals surface area contributed by atoms with Gasteiger partial charge in [0.15, 0.2) is 0 Å². The Morgan fingerprint density at radius 2 is 1.82 bits per heavy atom. The summed E-state index contributed by atoms with van der Waals surface area (Å²) < 4.78 is 0. The Morgan fingerprint density at radius 1 is 1.27 bits per heavy atom. The highest BCUT2D eigenvalue weighted by Gasteiger charge is 2.02. The molecule has 2 nitrogen and oxygen atoms in total. The molecule has 59 valence electrons. The van der Waals surface area contributed by atoms with Crippen LogP contribution in [0.4, 0.5) is 0 Å². The van der Waals surface area contributed by atoms with E-state index in [0.717, 1.165) is 5.56 Å². The standard InChI is InChI=1S/C9H11O2/c1-7(6-10)8-2-4-9(11)5-3-8/h2-5,7,10-11H,1,6H2. The lowest BCUT2D eigenvalue weighted by atomic mass is 10.0. The van der Waals surface area contributed by atoms with Crippen molar-refractivity contribution in [1.29, 1.82) is 0 Å². The zero-order valence-corrected chi connectivity index (χ0v) is 6.20. The van der Waals surface area contributed by atoms with E-state index < -0.39 is 0 Å². The highest BCUT2D eigenvalue weighted by atomic mass is 16.3. The summed E-state index contributed by atoms with van der Waals surface area (Å²) in [5, 5.41) is 17.7. The summed E-state index contributed by atoms with van der Waals surface area (Å²) in [6, 6.07) is 6.68. The number of aliphatic hydroxyl groups is 1. The first kappa shape index (κ1) is 8.08. The summed E-state index contributed by atoms with van der Waals surface area (Å²) in [6.07, 6.45) is 0. The van der Waals surface area contributed by atoms with Gasteiger partial charge in [0.05, 0.1) is 0 Å². The van der Waals surface area contributed by atoms with E-state index >= 15 is 0 Å². The van der Waals surface area contributed by atoms with Gasteiger partial charge in [0, 0.05) is 12.5 Å². The SMILES string of the molecule is [CH2]C(CO)c1ccc(O)cc1. The molecule has 0 aliphatic carbocycles. The molecule has 2 heteroatoms. The molecular formula is C9H11O2. The lowest BCUT2D eigenvalue weighted by Gasteiger charge is -2.06. The van der Waals surface area contributed by atoms with Crippen LogP contribution in [0.25, 0.3) is 0 Å². The van der Waals surface area contributed by atoms with Crippen molar-refractivity contribution in [3.8, 4) is 5.75 Å². The predicted molar refractivity (Wildman–Crippen MR) is 43.3 cm³/mol. The molecule has 1 radical (unpaired) electrons. The summed E-state index contributed by atoms with van der Waals surface area (Å²) in [6.45, 7) is 3.76. The van der Waals surface area contributed by atoms with Crippen molar-refractivity contribution < 1.29 is 10.2 Å². The van der Waals surface area contributed by atoms with E-state index in [-0.39, 0.29) is 18.3 Å². The Balaban J connectivity index is 2.81. The molecule has 0 aliphatic rings. The molecule has 0 saturated carbocycles. The molecule has 0 saturated heterocycles. The summed E-state index contributed by atoms with van der Waals surface area (Å²) in [5.74, 6) is 0.134. The Hall–Kier alpha value is -1.02. The molecule has 11 heavy (non-hydrogen) atoms. The van der Waals surface area contributed by atoms with Crippen molar-refractivity contribution in [3.63, 3.8) is 0 Å². The van der Waals surface area contributed by atoms with Gasteiger partial charge in [-0.15, -0.1) is 0 Å². The normalized spacial score (nSPS) is 12.9. The van der Waals surface area contributed by atoms with Gasteiger partial charge in [-0.3, -0.25) is 0 Å². The maximum absolute atomic E-state index is 8.93. The molecule has 1 aromatic carbocycles. The molecule has 0 bridgehead atoms. The molecule has 0 heterocycles. The second-order valence-electron chi connectivity index (χ2n) is 2.47. The van der Waals surface area contributed by atoms with Crippen LogP contribution in [-0.4, -0.2) is 16.8 Å². The van der Waals surface area contributed by atoms with Crippen molar-refractivity contribution in [2.75, 3.05) is 6.61 Å². The molecule has 1 rings (SSSR count). The number of rotatable bonds is 2. The number of phenolic OH excluding ortho intramolecular Hbond substituents is 1. The van der Waals surface area contributed by atoms with Gasteiger partial charge in [0.1, 0.15) is 5.75 Å². The third-order valence-corrected chi connectivity index (χ3v) is 1.58. The van der Waals surface area contributed by atoms with Crippen LogP contribution in [0.1, 0.15) is 11.5 Å². The fraction of sp³-hybridized carbons (Fsp3) is 0.222. The highest BCUT2D eigenvalue weighted by Crippen LogP contribution is 2.16. The van der Waals surface area contributed by atoms with Crippen molar-refractivity contribution in [2.24, 2.45) is 0 Å². The minimum atomic E-state index is -0.101. The minimum absolute atomic E-state index is 0.0325. The molecule has 1 aromatic rings. The minimum Gasteiger partial charge on any atom is -0.508 e. The topological polar surface area (TPSA) is 40.5 Å². The largest absolute Gasteiger partial charge is 0.508 e. The van der Waals surface area contributed by atoms with E-state index in [4.69, 9.17) is 10.2 Å². The molecule has 0 aromatic heterocycles. The van der Waals surface area contributed by atoms with E-state index in [2.05, 4.69) is 6.92 Å². The summed E-state index contributed by atoms with van der Waals surface area (Å²) in [7, 11) is 0. The number of aliphatic hydroxyl groups excluding tert-OH is 1. The lowest BCUT2D eigenvalue weighted by molar-refractivity contribution is 0.282. The Kier molecular flexibility index (Phi) is 2.49. The van der Waals surface area contributed by atoms with Gasteiger partial charge in [-0.2, -0.15) is 0 Å². The Labute approximate surface area is 66.1 Å². The van der Waals surface area contributed by atoms with Crippen LogP contribution in [-0.2, 0) is 0 Å². The lowest BCUT2D eigenvalue weighted by Crippen LogP contribution is -1.97. The fourth-order valence-corrected chi connectivity index (χ4v) is 0.852. The van der Waals surface area contributed by atoms with Crippen LogP contribution >= 0.6 is 0 Å². The van der Waals surface area contributed by atoms with Crippen molar-refractivity contribution in [2.45, 2.75) is 5.92 Å². The summed E-state index contributed by atoms with van der Waals surface area (Å²) in [4.78, 5) is 0. The van der Waals surface area contributed by atoms with E-state index in [1.165, 1.54) is 0 Å². The Bertz CT molecular complexity index is 216.